The lowest BCUT2D eigenvalue weighted by Crippen LogP contribution is -2.39. The molecule has 0 radical (unpaired) electrons. The van der Waals surface area contributed by atoms with Crippen LogP contribution < -0.4 is 14.9 Å². The molecule has 0 bridgehead atoms. The van der Waals surface area contributed by atoms with Gasteiger partial charge in [0.1, 0.15) is 0 Å². The molecule has 5 aromatic rings. The highest BCUT2D eigenvalue weighted by Crippen LogP contribution is 2.32. The van der Waals surface area contributed by atoms with Crippen LogP contribution in [-0.2, 0) is 9.53 Å². The number of rotatable bonds is 5. The third-order valence-electron chi connectivity index (χ3n) is 7.52. The molecule has 0 spiro atoms. The molecule has 2 heterocycles. The van der Waals surface area contributed by atoms with Gasteiger partial charge in [0.15, 0.2) is 4.80 Å². The van der Waals surface area contributed by atoms with Crippen LogP contribution in [0.2, 0.25) is 0 Å². The Balaban J connectivity index is 1.62. The van der Waals surface area contributed by atoms with Gasteiger partial charge in [-0.05, 0) is 70.1 Å². The fraction of sp³-hybridized carbons (Fsp3) is 0.206. The molecule has 0 amide bonds. The number of esters is 1. The van der Waals surface area contributed by atoms with E-state index in [1.54, 1.807) is 11.5 Å². The summed E-state index contributed by atoms with van der Waals surface area (Å²) in [7, 11) is 0. The summed E-state index contributed by atoms with van der Waals surface area (Å²) >= 11 is 1.35. The van der Waals surface area contributed by atoms with Crippen LogP contribution in [0.25, 0.3) is 27.6 Å². The molecule has 1 unspecified atom stereocenters. The van der Waals surface area contributed by atoms with Crippen LogP contribution in [0, 0.1) is 0 Å². The maximum atomic E-state index is 14.2. The Bertz CT molecular complexity index is 1940. The zero-order valence-corrected chi connectivity index (χ0v) is 23.8. The molecular weight excluding hydrogens is 516 g/mol. The van der Waals surface area contributed by atoms with Crippen molar-refractivity contribution in [3.63, 3.8) is 0 Å². The maximum absolute atomic E-state index is 14.2. The van der Waals surface area contributed by atoms with Crippen molar-refractivity contribution >= 4 is 44.9 Å². The van der Waals surface area contributed by atoms with Gasteiger partial charge in [-0.3, -0.25) is 9.36 Å². The third kappa shape index (κ3) is 4.38. The number of carbonyl (C=O) groups is 1. The molecule has 6 heteroatoms. The minimum Gasteiger partial charge on any atom is -0.463 e. The second-order valence-corrected chi connectivity index (χ2v) is 11.4. The van der Waals surface area contributed by atoms with E-state index in [2.05, 4.69) is 56.3 Å². The Morgan fingerprint density at radius 3 is 2.23 bits per heavy atom. The van der Waals surface area contributed by atoms with Crippen LogP contribution in [0.3, 0.4) is 0 Å². The van der Waals surface area contributed by atoms with E-state index >= 15 is 0 Å². The van der Waals surface area contributed by atoms with Gasteiger partial charge in [0.2, 0.25) is 0 Å². The van der Waals surface area contributed by atoms with Gasteiger partial charge >= 0.3 is 5.97 Å². The largest absolute Gasteiger partial charge is 0.463 e. The van der Waals surface area contributed by atoms with Crippen LogP contribution in [0.15, 0.2) is 99.9 Å². The SMILES string of the molecule is CCOC(=O)C1=C(C)N=c2s/c(=C\c3c4ccccc4cc4ccccc34)c(=O)n2C1c1ccc(C(C)C)cc1. The predicted octanol–water partition coefficient (Wildman–Crippen LogP) is 6.23. The second kappa shape index (κ2) is 10.4. The molecule has 40 heavy (non-hydrogen) atoms. The summed E-state index contributed by atoms with van der Waals surface area (Å²) in [6.45, 7) is 8.13. The first-order valence-corrected chi connectivity index (χ1v) is 14.4. The molecule has 200 valence electrons. The smallest absolute Gasteiger partial charge is 0.338 e. The summed E-state index contributed by atoms with van der Waals surface area (Å²) in [6.07, 6.45) is 1.98. The molecule has 0 N–H and O–H groups in total. The minimum absolute atomic E-state index is 0.173. The molecule has 1 aliphatic heterocycles. The molecular formula is C34H30N2O3S. The van der Waals surface area contributed by atoms with Gasteiger partial charge in [-0.15, -0.1) is 0 Å². The second-order valence-electron chi connectivity index (χ2n) is 10.4. The predicted molar refractivity (Wildman–Crippen MR) is 162 cm³/mol. The van der Waals surface area contributed by atoms with Gasteiger partial charge in [0.25, 0.3) is 5.56 Å². The monoisotopic (exact) mass is 546 g/mol. The normalized spacial score (nSPS) is 15.5. The van der Waals surface area contributed by atoms with Crippen LogP contribution in [0.4, 0.5) is 0 Å². The lowest BCUT2D eigenvalue weighted by molar-refractivity contribution is -0.139. The summed E-state index contributed by atoms with van der Waals surface area (Å²) in [5, 5.41) is 4.39. The number of allylic oxidation sites excluding steroid dienone is 1. The standard InChI is InChI=1S/C34H30N2O3S/c1-5-39-33(38)30-21(4)35-34-36(31(30)23-16-14-22(15-17-23)20(2)3)32(37)29(40-34)19-28-26-12-8-6-10-24(26)18-25-11-7-9-13-27(25)28/h6-20,31H,5H2,1-4H3/b29-19-. The first-order chi connectivity index (χ1) is 19.4. The Kier molecular flexibility index (Phi) is 6.72. The number of aromatic nitrogens is 1. The molecule has 1 aromatic heterocycles. The first-order valence-electron chi connectivity index (χ1n) is 13.6. The Morgan fingerprint density at radius 2 is 1.62 bits per heavy atom. The number of fused-ring (bicyclic) bond motifs is 3. The molecule has 0 saturated heterocycles. The number of carbonyl (C=O) groups excluding carboxylic acids is 1. The van der Waals surface area contributed by atoms with E-state index in [4.69, 9.17) is 9.73 Å². The van der Waals surface area contributed by atoms with Crippen molar-refractivity contribution in [2.45, 2.75) is 39.7 Å². The van der Waals surface area contributed by atoms with Gasteiger partial charge in [0, 0.05) is 0 Å². The number of hydrogen-bond acceptors (Lipinski definition) is 5. The summed E-state index contributed by atoms with van der Waals surface area (Å²) < 4.78 is 7.67. The Hall–Kier alpha value is -4.29. The van der Waals surface area contributed by atoms with Crippen LogP contribution >= 0.6 is 11.3 Å². The highest BCUT2D eigenvalue weighted by molar-refractivity contribution is 7.07. The molecule has 5 nitrogen and oxygen atoms in total. The van der Waals surface area contributed by atoms with Crippen LogP contribution in [0.1, 0.15) is 56.3 Å². The van der Waals surface area contributed by atoms with E-state index in [0.717, 1.165) is 32.7 Å². The zero-order chi connectivity index (χ0) is 28.0. The van der Waals surface area contributed by atoms with Crippen molar-refractivity contribution < 1.29 is 9.53 Å². The van der Waals surface area contributed by atoms with Crippen LogP contribution in [-0.4, -0.2) is 17.1 Å². The molecule has 6 rings (SSSR count). The molecule has 1 atom stereocenters. The van der Waals surface area contributed by atoms with Gasteiger partial charge in [-0.1, -0.05) is 98.0 Å². The number of benzene rings is 4. The van der Waals surface area contributed by atoms with Crippen molar-refractivity contribution in [3.8, 4) is 0 Å². The van der Waals surface area contributed by atoms with E-state index in [-0.39, 0.29) is 12.2 Å². The fourth-order valence-electron chi connectivity index (χ4n) is 5.51. The highest BCUT2D eigenvalue weighted by atomic mass is 32.1. The number of hydrogen-bond donors (Lipinski definition) is 0. The minimum atomic E-state index is -0.622. The lowest BCUT2D eigenvalue weighted by Gasteiger charge is -2.25. The molecule has 4 aromatic carbocycles. The molecule has 0 aliphatic carbocycles. The van der Waals surface area contributed by atoms with E-state index in [0.29, 0.717) is 26.5 Å². The van der Waals surface area contributed by atoms with Crippen molar-refractivity contribution in [3.05, 3.63) is 127 Å². The average molecular weight is 547 g/mol. The molecule has 0 fully saturated rings. The van der Waals surface area contributed by atoms with Gasteiger partial charge in [-0.25, -0.2) is 9.79 Å². The Labute approximate surface area is 236 Å². The zero-order valence-electron chi connectivity index (χ0n) is 23.0. The van der Waals surface area contributed by atoms with Gasteiger partial charge in [-0.2, -0.15) is 0 Å². The molecule has 1 aliphatic rings. The van der Waals surface area contributed by atoms with E-state index in [1.165, 1.54) is 16.9 Å². The Morgan fingerprint density at radius 1 is 1.00 bits per heavy atom. The topological polar surface area (TPSA) is 60.7 Å². The summed E-state index contributed by atoms with van der Waals surface area (Å²) in [5.74, 6) is -0.0793. The summed E-state index contributed by atoms with van der Waals surface area (Å²) in [4.78, 5) is 32.7. The average Bonchev–Trinajstić information content (AvgIpc) is 3.26. The fourth-order valence-corrected chi connectivity index (χ4v) is 6.53. The maximum Gasteiger partial charge on any atom is 0.338 e. The lowest BCUT2D eigenvalue weighted by atomic mass is 9.93. The van der Waals surface area contributed by atoms with Crippen molar-refractivity contribution in [2.24, 2.45) is 4.99 Å². The third-order valence-corrected chi connectivity index (χ3v) is 8.51. The van der Waals surface area contributed by atoms with Gasteiger partial charge < -0.3 is 4.74 Å². The first kappa shape index (κ1) is 26.0. The number of thiazole rings is 1. The van der Waals surface area contributed by atoms with E-state index < -0.39 is 12.0 Å². The highest BCUT2D eigenvalue weighted by Gasteiger charge is 2.33. The quantitative estimate of drug-likeness (QED) is 0.194. The van der Waals surface area contributed by atoms with Crippen molar-refractivity contribution in [2.75, 3.05) is 6.61 Å². The van der Waals surface area contributed by atoms with Crippen molar-refractivity contribution in [1.82, 2.24) is 4.57 Å². The summed E-state index contributed by atoms with van der Waals surface area (Å²) in [6, 6.07) is 26.2. The van der Waals surface area contributed by atoms with E-state index in [9.17, 15) is 9.59 Å². The number of nitrogens with zero attached hydrogens (tertiary/aromatic N) is 2. The molecule has 0 saturated carbocycles. The van der Waals surface area contributed by atoms with Crippen molar-refractivity contribution in [1.29, 1.82) is 0 Å². The number of ether oxygens (including phenoxy) is 1. The van der Waals surface area contributed by atoms with Gasteiger partial charge in [0.05, 0.1) is 28.5 Å². The van der Waals surface area contributed by atoms with E-state index in [1.807, 2.05) is 49.4 Å². The van der Waals surface area contributed by atoms with Crippen LogP contribution in [0.5, 0.6) is 0 Å². The summed E-state index contributed by atoms with van der Waals surface area (Å²) in [5.41, 5.74) is 3.84.